The molecule has 2 aliphatic heterocycles. The highest BCUT2D eigenvalue weighted by atomic mass is 19.1. The van der Waals surface area contributed by atoms with Crippen molar-refractivity contribution in [3.05, 3.63) is 53.0 Å². The third kappa shape index (κ3) is 4.85. The van der Waals surface area contributed by atoms with Gasteiger partial charge in [0.2, 0.25) is 5.91 Å². The summed E-state index contributed by atoms with van der Waals surface area (Å²) >= 11 is 0. The van der Waals surface area contributed by atoms with Gasteiger partial charge in [-0.15, -0.1) is 0 Å². The molecule has 11 heteroatoms. The number of hydrogen-bond donors (Lipinski definition) is 2. The quantitative estimate of drug-likeness (QED) is 0.352. The molecule has 1 unspecified atom stereocenters. The van der Waals surface area contributed by atoms with E-state index in [-0.39, 0.29) is 30.1 Å². The van der Waals surface area contributed by atoms with E-state index in [2.05, 4.69) is 15.2 Å². The number of nitrogens with one attached hydrogen (secondary N) is 2. The van der Waals surface area contributed by atoms with E-state index in [9.17, 15) is 4.79 Å². The summed E-state index contributed by atoms with van der Waals surface area (Å²) in [4.78, 5) is 21.7. The normalized spacial score (nSPS) is 20.2. The number of pyridine rings is 1. The Morgan fingerprint density at radius 3 is 2.51 bits per heavy atom. The van der Waals surface area contributed by atoms with Crippen molar-refractivity contribution < 1.29 is 27.8 Å². The number of allylic oxidation sites excluding steroid dienone is 1. The number of carbonyl (C=O) groups is 1. The van der Waals surface area contributed by atoms with Crippen LogP contribution in [0.25, 0.3) is 5.57 Å². The Morgan fingerprint density at radius 2 is 1.92 bits per heavy atom. The maximum atomic E-state index is 15.3. The fourth-order valence-electron chi connectivity index (χ4n) is 5.51. The first-order valence-electron chi connectivity index (χ1n) is 13.0. The van der Waals surface area contributed by atoms with Crippen LogP contribution in [0.5, 0.6) is 11.5 Å². The third-order valence-electron chi connectivity index (χ3n) is 7.90. The lowest BCUT2D eigenvalue weighted by Gasteiger charge is -2.35. The Kier molecular flexibility index (Phi) is 7.55. The Bertz CT molecular complexity index is 1290. The fourth-order valence-corrected chi connectivity index (χ4v) is 5.51. The molecule has 0 radical (unpaired) electrons. The maximum absolute atomic E-state index is 15.3. The molecule has 1 aromatic heterocycles. The number of amides is 1. The average Bonchev–Trinajstić information content (AvgIpc) is 3.62. The summed E-state index contributed by atoms with van der Waals surface area (Å²) in [5.41, 5.74) is 1.26. The Hall–Kier alpha value is -3.57. The van der Waals surface area contributed by atoms with Crippen molar-refractivity contribution in [2.45, 2.75) is 37.3 Å². The van der Waals surface area contributed by atoms with Crippen LogP contribution in [0, 0.1) is 17.0 Å². The summed E-state index contributed by atoms with van der Waals surface area (Å²) in [5.74, 6) is -2.72. The predicted molar refractivity (Wildman–Crippen MR) is 142 cm³/mol. The largest absolute Gasteiger partial charge is 0.493 e. The molecule has 2 fully saturated rings. The first-order chi connectivity index (χ1) is 18.9. The van der Waals surface area contributed by atoms with Gasteiger partial charge in [0.15, 0.2) is 23.1 Å². The average molecular weight is 542 g/mol. The molecule has 0 bridgehead atoms. The summed E-state index contributed by atoms with van der Waals surface area (Å²) in [6.07, 6.45) is 7.04. The number of carbonyl (C=O) groups excluding carboxylic acids is 1. The summed E-state index contributed by atoms with van der Waals surface area (Å²) in [7, 11) is 4.28. The molecule has 208 valence electrons. The van der Waals surface area contributed by atoms with E-state index >= 15 is 8.78 Å². The Labute approximate surface area is 226 Å². The van der Waals surface area contributed by atoms with Gasteiger partial charge in [0.05, 0.1) is 38.0 Å². The van der Waals surface area contributed by atoms with Crippen LogP contribution < -0.4 is 19.7 Å². The van der Waals surface area contributed by atoms with Gasteiger partial charge in [-0.05, 0) is 36.5 Å². The first kappa shape index (κ1) is 27.0. The lowest BCUT2D eigenvalue weighted by molar-refractivity contribution is -0.121. The lowest BCUT2D eigenvalue weighted by Crippen LogP contribution is -2.45. The van der Waals surface area contributed by atoms with Crippen LogP contribution in [-0.2, 0) is 21.5 Å². The minimum atomic E-state index is -0.959. The van der Waals surface area contributed by atoms with Crippen LogP contribution in [0.15, 0.2) is 24.5 Å². The van der Waals surface area contributed by atoms with Gasteiger partial charge in [-0.3, -0.25) is 14.7 Å². The number of likely N-dealkylation sites (tertiary alicyclic amines) is 1. The predicted octanol–water partition coefficient (Wildman–Crippen LogP) is 3.26. The number of rotatable bonds is 10. The van der Waals surface area contributed by atoms with E-state index in [0.717, 1.165) is 42.6 Å². The summed E-state index contributed by atoms with van der Waals surface area (Å²) in [6.45, 7) is 3.42. The highest BCUT2D eigenvalue weighted by Gasteiger charge is 2.57. The number of benzene rings is 1. The smallest absolute Gasteiger partial charge is 0.238 e. The molecular weight excluding hydrogens is 508 g/mol. The molecule has 1 spiro atoms. The molecule has 1 amide bonds. The molecule has 3 aliphatic rings. The van der Waals surface area contributed by atoms with Gasteiger partial charge in [0, 0.05) is 63.5 Å². The van der Waals surface area contributed by atoms with Crippen LogP contribution in [0.2, 0.25) is 0 Å². The van der Waals surface area contributed by atoms with E-state index in [0.29, 0.717) is 36.2 Å². The van der Waals surface area contributed by atoms with Crippen LogP contribution in [0.4, 0.5) is 14.5 Å². The second-order valence-corrected chi connectivity index (χ2v) is 10.1. The number of anilines is 1. The minimum absolute atomic E-state index is 0.0481. The van der Waals surface area contributed by atoms with E-state index in [1.807, 2.05) is 6.07 Å². The zero-order valence-corrected chi connectivity index (χ0v) is 22.4. The monoisotopic (exact) mass is 541 g/mol. The van der Waals surface area contributed by atoms with Gasteiger partial charge < -0.3 is 29.8 Å². The summed E-state index contributed by atoms with van der Waals surface area (Å²) < 4.78 is 46.1. The molecule has 1 saturated carbocycles. The molecular formula is C28H33F2N5O4. The van der Waals surface area contributed by atoms with E-state index in [1.54, 1.807) is 19.5 Å². The van der Waals surface area contributed by atoms with Crippen LogP contribution in [-0.4, -0.2) is 75.6 Å². The van der Waals surface area contributed by atoms with Crippen molar-refractivity contribution >= 4 is 23.4 Å². The Morgan fingerprint density at radius 1 is 1.21 bits per heavy atom. The molecule has 1 saturated heterocycles. The number of hydrogen-bond acceptors (Lipinski definition) is 8. The van der Waals surface area contributed by atoms with E-state index in [4.69, 9.17) is 19.6 Å². The van der Waals surface area contributed by atoms with Crippen molar-refractivity contribution in [2.24, 2.45) is 0 Å². The van der Waals surface area contributed by atoms with Gasteiger partial charge in [-0.25, -0.2) is 8.78 Å². The Balaban J connectivity index is 1.39. The molecule has 39 heavy (non-hydrogen) atoms. The zero-order chi connectivity index (χ0) is 27.7. The third-order valence-corrected chi connectivity index (χ3v) is 7.90. The highest BCUT2D eigenvalue weighted by molar-refractivity contribution is 6.08. The first-order valence-corrected chi connectivity index (χ1v) is 13.0. The molecule has 1 aromatic carbocycles. The van der Waals surface area contributed by atoms with Gasteiger partial charge in [-0.2, -0.15) is 0 Å². The molecule has 5 rings (SSSR count). The zero-order valence-electron chi connectivity index (χ0n) is 22.4. The maximum Gasteiger partial charge on any atom is 0.238 e. The number of ether oxygens (including phenoxy) is 3. The van der Waals surface area contributed by atoms with Crippen molar-refractivity contribution in [2.75, 3.05) is 52.4 Å². The van der Waals surface area contributed by atoms with Gasteiger partial charge in [0.1, 0.15) is 5.69 Å². The summed E-state index contributed by atoms with van der Waals surface area (Å²) in [6, 6.07) is 2.96. The van der Waals surface area contributed by atoms with Crippen LogP contribution in [0.1, 0.15) is 36.1 Å². The topological polar surface area (TPSA) is 100 Å². The molecule has 2 aromatic rings. The molecule has 1 atom stereocenters. The minimum Gasteiger partial charge on any atom is -0.493 e. The van der Waals surface area contributed by atoms with Crippen LogP contribution >= 0.6 is 0 Å². The lowest BCUT2D eigenvalue weighted by atomic mass is 9.86. The van der Waals surface area contributed by atoms with Crippen molar-refractivity contribution in [3.63, 3.8) is 0 Å². The van der Waals surface area contributed by atoms with E-state index < -0.39 is 22.7 Å². The molecule has 2 N–H and O–H groups in total. The van der Waals surface area contributed by atoms with Crippen molar-refractivity contribution in [3.8, 4) is 11.5 Å². The molecule has 3 heterocycles. The second-order valence-electron chi connectivity index (χ2n) is 10.1. The number of aromatic nitrogens is 1. The standard InChI is InChI=1S/C28H33F2N5O4/c1-37-19-4-8-34(16-19)9-7-32-13-17(12-31)21-10-20-18(14-33-21)15-35(27(36)28(20)5-6-28)26-24(29)22(38-2)11-23(39-3)25(26)30/h10-14,19,31-32H,4-9,15-16H2,1-3H3/b17-13+,31-12?. The van der Waals surface area contributed by atoms with Gasteiger partial charge in [-0.1, -0.05) is 0 Å². The molecule has 1 aliphatic carbocycles. The van der Waals surface area contributed by atoms with Gasteiger partial charge in [0.25, 0.3) is 0 Å². The van der Waals surface area contributed by atoms with Gasteiger partial charge >= 0.3 is 0 Å². The SMILES string of the molecule is COc1cc(OC)c(F)c(N2Cc3cnc(/C(C=N)=C/NCCN4CCC(OC)C4)cc3C3(CC3)C2=O)c1F. The number of nitrogens with zero attached hydrogens (tertiary/aromatic N) is 3. The van der Waals surface area contributed by atoms with Crippen LogP contribution in [0.3, 0.4) is 0 Å². The highest BCUT2D eigenvalue weighted by Crippen LogP contribution is 2.55. The van der Waals surface area contributed by atoms with Crippen molar-refractivity contribution in [1.29, 1.82) is 5.41 Å². The summed E-state index contributed by atoms with van der Waals surface area (Å²) in [5, 5.41) is 11.2. The number of methoxy groups -OCH3 is 3. The molecule has 9 nitrogen and oxygen atoms in total. The van der Waals surface area contributed by atoms with E-state index in [1.165, 1.54) is 20.4 Å². The van der Waals surface area contributed by atoms with Crippen molar-refractivity contribution in [1.82, 2.24) is 15.2 Å². The second kappa shape index (κ2) is 10.9. The number of halogens is 2. The number of fused-ring (bicyclic) bond motifs is 2. The fraction of sp³-hybridized carbons (Fsp3) is 0.464.